The van der Waals surface area contributed by atoms with E-state index in [-0.39, 0.29) is 16.1 Å². The van der Waals surface area contributed by atoms with Crippen LogP contribution in [0.25, 0.3) is 0 Å². The normalized spacial score (nSPS) is 11.2. The Morgan fingerprint density at radius 1 is 1.19 bits per heavy atom. The van der Waals surface area contributed by atoms with E-state index in [1.165, 1.54) is 6.20 Å². The lowest BCUT2D eigenvalue weighted by molar-refractivity contribution is 0.602. The van der Waals surface area contributed by atoms with Crippen LogP contribution in [0.4, 0.5) is 17.2 Å². The Morgan fingerprint density at radius 2 is 1.86 bits per heavy atom. The molecule has 112 valence electrons. The Hall–Kier alpha value is -1.57. The number of aromatic nitrogens is 2. The van der Waals surface area contributed by atoms with Crippen molar-refractivity contribution in [2.45, 2.75) is 6.92 Å². The number of nitrogens with zero attached hydrogens (tertiary/aromatic N) is 2. The van der Waals surface area contributed by atoms with E-state index in [1.54, 1.807) is 31.2 Å². The van der Waals surface area contributed by atoms with Gasteiger partial charge in [-0.3, -0.25) is 4.72 Å². The lowest BCUT2D eigenvalue weighted by Crippen LogP contribution is -2.15. The van der Waals surface area contributed by atoms with E-state index < -0.39 is 10.0 Å². The molecule has 0 aliphatic heterocycles. The van der Waals surface area contributed by atoms with Crippen molar-refractivity contribution in [3.8, 4) is 0 Å². The first-order chi connectivity index (χ1) is 9.91. The van der Waals surface area contributed by atoms with Crippen LogP contribution in [0, 0.1) is 0 Å². The van der Waals surface area contributed by atoms with Gasteiger partial charge >= 0.3 is 0 Å². The molecule has 0 saturated heterocycles. The molecule has 6 nitrogen and oxygen atoms in total. The smallest absolute Gasteiger partial charge is 0.232 e. The standard InChI is InChI=1S/C12H12Cl2N4O2S/c1-2-21(19,20)18-10-6-4-3-5-9(10)16-11-8(13)7-15-12(14)17-11/h3-7,18H,2H2,1H3,(H,15,16,17). The third-order valence-corrected chi connectivity index (χ3v) is 4.29. The van der Waals surface area contributed by atoms with Gasteiger partial charge in [0.1, 0.15) is 5.02 Å². The number of sulfonamides is 1. The second-order valence-electron chi connectivity index (χ2n) is 4.01. The molecule has 2 rings (SSSR count). The average Bonchev–Trinajstić information content (AvgIpc) is 2.45. The number of anilines is 3. The Balaban J connectivity index is 2.35. The Bertz CT molecular complexity index is 753. The fourth-order valence-corrected chi connectivity index (χ4v) is 2.41. The first kappa shape index (κ1) is 15.8. The molecule has 0 unspecified atom stereocenters. The highest BCUT2D eigenvalue weighted by Gasteiger charge is 2.12. The van der Waals surface area contributed by atoms with Crippen LogP contribution in [-0.2, 0) is 10.0 Å². The summed E-state index contributed by atoms with van der Waals surface area (Å²) in [5.41, 5.74) is 0.899. The van der Waals surface area contributed by atoms with Gasteiger partial charge in [0.15, 0.2) is 5.82 Å². The molecule has 0 amide bonds. The van der Waals surface area contributed by atoms with Crippen LogP contribution in [0.15, 0.2) is 30.5 Å². The van der Waals surface area contributed by atoms with Gasteiger partial charge in [-0.05, 0) is 30.7 Å². The summed E-state index contributed by atoms with van der Waals surface area (Å²) in [5.74, 6) is 0.265. The monoisotopic (exact) mass is 346 g/mol. The van der Waals surface area contributed by atoms with E-state index in [9.17, 15) is 8.42 Å². The molecular weight excluding hydrogens is 335 g/mol. The number of nitrogens with one attached hydrogen (secondary N) is 2. The quantitative estimate of drug-likeness (QED) is 0.811. The zero-order valence-corrected chi connectivity index (χ0v) is 13.3. The van der Waals surface area contributed by atoms with Crippen molar-refractivity contribution in [1.82, 2.24) is 9.97 Å². The molecule has 1 aromatic heterocycles. The molecule has 0 atom stereocenters. The summed E-state index contributed by atoms with van der Waals surface area (Å²) in [5, 5.41) is 3.24. The van der Waals surface area contributed by atoms with Crippen molar-refractivity contribution in [2.24, 2.45) is 0 Å². The Kier molecular flexibility index (Phi) is 4.87. The third kappa shape index (κ3) is 4.20. The summed E-state index contributed by atoms with van der Waals surface area (Å²) < 4.78 is 25.8. The maximum atomic E-state index is 11.7. The molecule has 0 spiro atoms. The van der Waals surface area contributed by atoms with Crippen LogP contribution in [0.3, 0.4) is 0 Å². The first-order valence-electron chi connectivity index (χ1n) is 5.96. The van der Waals surface area contributed by atoms with Crippen molar-refractivity contribution < 1.29 is 8.42 Å². The molecule has 0 saturated carbocycles. The van der Waals surface area contributed by atoms with Crippen molar-refractivity contribution >= 4 is 50.4 Å². The molecule has 2 N–H and O–H groups in total. The second-order valence-corrected chi connectivity index (χ2v) is 6.77. The van der Waals surface area contributed by atoms with Gasteiger partial charge in [-0.25, -0.2) is 13.4 Å². The van der Waals surface area contributed by atoms with E-state index in [1.807, 2.05) is 0 Å². The minimum atomic E-state index is -3.39. The number of para-hydroxylation sites is 2. The fourth-order valence-electron chi connectivity index (χ4n) is 1.48. The summed E-state index contributed by atoms with van der Waals surface area (Å²) >= 11 is 11.7. The molecule has 1 aromatic carbocycles. The molecule has 2 aromatic rings. The molecule has 1 heterocycles. The summed E-state index contributed by atoms with van der Waals surface area (Å²) in [7, 11) is -3.39. The van der Waals surface area contributed by atoms with Crippen LogP contribution in [-0.4, -0.2) is 24.1 Å². The molecule has 0 aliphatic carbocycles. The molecule has 0 radical (unpaired) electrons. The average molecular weight is 347 g/mol. The predicted molar refractivity (Wildman–Crippen MR) is 84.9 cm³/mol. The molecule has 9 heteroatoms. The van der Waals surface area contributed by atoms with Gasteiger partial charge in [0.05, 0.1) is 23.3 Å². The van der Waals surface area contributed by atoms with Gasteiger partial charge in [0.25, 0.3) is 0 Å². The second kappa shape index (κ2) is 6.46. The van der Waals surface area contributed by atoms with Crippen molar-refractivity contribution in [3.63, 3.8) is 0 Å². The summed E-state index contributed by atoms with van der Waals surface area (Å²) in [6, 6.07) is 6.79. The van der Waals surface area contributed by atoms with Crippen molar-refractivity contribution in [2.75, 3.05) is 15.8 Å². The number of hydrogen-bond acceptors (Lipinski definition) is 5. The van der Waals surface area contributed by atoms with Gasteiger partial charge < -0.3 is 5.32 Å². The maximum absolute atomic E-state index is 11.7. The zero-order valence-electron chi connectivity index (χ0n) is 11.0. The molecular formula is C12H12Cl2N4O2S. The number of hydrogen-bond donors (Lipinski definition) is 2. The topological polar surface area (TPSA) is 84.0 Å². The van der Waals surface area contributed by atoms with Crippen LogP contribution in [0.1, 0.15) is 6.92 Å². The minimum absolute atomic E-state index is 0.0264. The van der Waals surface area contributed by atoms with E-state index in [0.717, 1.165) is 0 Å². The van der Waals surface area contributed by atoms with E-state index in [2.05, 4.69) is 20.0 Å². The summed E-state index contributed by atoms with van der Waals surface area (Å²) in [4.78, 5) is 7.71. The maximum Gasteiger partial charge on any atom is 0.232 e. The first-order valence-corrected chi connectivity index (χ1v) is 8.36. The van der Waals surface area contributed by atoms with Crippen LogP contribution < -0.4 is 10.0 Å². The fraction of sp³-hybridized carbons (Fsp3) is 0.167. The van der Waals surface area contributed by atoms with Crippen LogP contribution in [0.5, 0.6) is 0 Å². The van der Waals surface area contributed by atoms with E-state index in [4.69, 9.17) is 23.2 Å². The third-order valence-electron chi connectivity index (χ3n) is 2.54. The lowest BCUT2D eigenvalue weighted by atomic mass is 10.3. The molecule has 0 bridgehead atoms. The van der Waals surface area contributed by atoms with Crippen LogP contribution >= 0.6 is 23.2 Å². The highest BCUT2D eigenvalue weighted by atomic mass is 35.5. The van der Waals surface area contributed by atoms with Gasteiger partial charge in [-0.1, -0.05) is 23.7 Å². The van der Waals surface area contributed by atoms with Crippen molar-refractivity contribution in [3.05, 3.63) is 40.8 Å². The number of halogens is 2. The summed E-state index contributed by atoms with van der Waals surface area (Å²) in [6.07, 6.45) is 1.36. The largest absolute Gasteiger partial charge is 0.337 e. The highest BCUT2D eigenvalue weighted by Crippen LogP contribution is 2.29. The Morgan fingerprint density at radius 3 is 2.52 bits per heavy atom. The highest BCUT2D eigenvalue weighted by molar-refractivity contribution is 7.92. The lowest BCUT2D eigenvalue weighted by Gasteiger charge is -2.13. The SMILES string of the molecule is CCS(=O)(=O)Nc1ccccc1Nc1nc(Cl)ncc1Cl. The molecule has 0 fully saturated rings. The van der Waals surface area contributed by atoms with Gasteiger partial charge in [-0.2, -0.15) is 4.98 Å². The number of benzene rings is 1. The molecule has 21 heavy (non-hydrogen) atoms. The van der Waals surface area contributed by atoms with Crippen LogP contribution in [0.2, 0.25) is 10.3 Å². The van der Waals surface area contributed by atoms with Gasteiger partial charge in [0.2, 0.25) is 15.3 Å². The van der Waals surface area contributed by atoms with Gasteiger partial charge in [-0.15, -0.1) is 0 Å². The summed E-state index contributed by atoms with van der Waals surface area (Å²) in [6.45, 7) is 1.55. The minimum Gasteiger partial charge on any atom is -0.337 e. The van der Waals surface area contributed by atoms with E-state index in [0.29, 0.717) is 17.2 Å². The molecule has 0 aliphatic rings. The van der Waals surface area contributed by atoms with E-state index >= 15 is 0 Å². The van der Waals surface area contributed by atoms with Crippen molar-refractivity contribution in [1.29, 1.82) is 0 Å². The zero-order chi connectivity index (χ0) is 15.5. The number of rotatable bonds is 5. The van der Waals surface area contributed by atoms with Gasteiger partial charge in [0, 0.05) is 0 Å². The predicted octanol–water partition coefficient (Wildman–Crippen LogP) is 3.29. The Labute approximate surface area is 132 Å².